The molecule has 0 aliphatic heterocycles. The summed E-state index contributed by atoms with van der Waals surface area (Å²) in [5.41, 5.74) is 6.11. The first-order chi connectivity index (χ1) is 13.7. The number of hydrogen-bond acceptors (Lipinski definition) is 3. The van der Waals surface area contributed by atoms with E-state index in [1.54, 1.807) is 21.3 Å². The molecule has 0 saturated carbocycles. The molecule has 0 atom stereocenters. The van der Waals surface area contributed by atoms with E-state index in [4.69, 9.17) is 14.2 Å². The van der Waals surface area contributed by atoms with Gasteiger partial charge in [0, 0.05) is 12.7 Å². The highest BCUT2D eigenvalue weighted by molar-refractivity contribution is 5.78. The second-order valence-electron chi connectivity index (χ2n) is 9.22. The summed E-state index contributed by atoms with van der Waals surface area (Å²) in [6.45, 7) is 9.89. The van der Waals surface area contributed by atoms with Crippen molar-refractivity contribution < 1.29 is 14.2 Å². The first-order valence-electron chi connectivity index (χ1n) is 10.3. The second kappa shape index (κ2) is 8.23. The molecule has 0 aromatic heterocycles. The highest BCUT2D eigenvalue weighted by atomic mass is 16.5. The lowest BCUT2D eigenvalue weighted by atomic mass is 9.62. The van der Waals surface area contributed by atoms with E-state index in [1.165, 1.54) is 11.1 Å². The van der Waals surface area contributed by atoms with E-state index in [0.717, 1.165) is 41.0 Å². The largest absolute Gasteiger partial charge is 0.496 e. The van der Waals surface area contributed by atoms with Crippen molar-refractivity contribution in [3.05, 3.63) is 58.1 Å². The molecule has 3 rings (SSSR count). The van der Waals surface area contributed by atoms with Gasteiger partial charge < -0.3 is 14.2 Å². The van der Waals surface area contributed by atoms with Crippen LogP contribution in [-0.4, -0.2) is 21.3 Å². The van der Waals surface area contributed by atoms with Gasteiger partial charge >= 0.3 is 0 Å². The first-order valence-corrected chi connectivity index (χ1v) is 10.3. The van der Waals surface area contributed by atoms with E-state index in [1.807, 2.05) is 0 Å². The molecule has 3 heteroatoms. The van der Waals surface area contributed by atoms with Gasteiger partial charge in [0.05, 0.1) is 26.4 Å². The number of rotatable bonds is 6. The fourth-order valence-electron chi connectivity index (χ4n) is 4.35. The highest BCUT2D eigenvalue weighted by Crippen LogP contribution is 2.52. The molecule has 1 aliphatic carbocycles. The van der Waals surface area contributed by atoms with Crippen molar-refractivity contribution >= 4 is 12.2 Å². The average Bonchev–Trinajstić information content (AvgIpc) is 2.70. The van der Waals surface area contributed by atoms with E-state index in [2.05, 4.69) is 70.2 Å². The normalized spacial score (nSPS) is 17.2. The maximum Gasteiger partial charge on any atom is 0.133 e. The monoisotopic (exact) mass is 394 g/mol. The molecule has 0 heterocycles. The topological polar surface area (TPSA) is 27.7 Å². The Bertz CT molecular complexity index is 889. The maximum atomic E-state index is 6.01. The summed E-state index contributed by atoms with van der Waals surface area (Å²) in [5, 5.41) is 0. The standard InChI is InChI=1S/C26H34O3/c1-25(2)14-15-26(3,4)23-21(25)16-22(28-6)20(24(23)29-7)13-12-18-8-10-19(11-9-18)17-27-5/h8-13,16H,14-15,17H2,1-7H3/b13-12+. The fourth-order valence-corrected chi connectivity index (χ4v) is 4.35. The molecule has 0 fully saturated rings. The summed E-state index contributed by atoms with van der Waals surface area (Å²) in [7, 11) is 5.22. The Morgan fingerprint density at radius 2 is 1.52 bits per heavy atom. The van der Waals surface area contributed by atoms with Crippen LogP contribution >= 0.6 is 0 Å². The SMILES string of the molecule is COCc1ccc(/C=C/c2c(OC)cc3c(c2OC)C(C)(C)CCC3(C)C)cc1. The van der Waals surface area contributed by atoms with E-state index >= 15 is 0 Å². The zero-order valence-corrected chi connectivity index (χ0v) is 18.9. The van der Waals surface area contributed by atoms with Crippen molar-refractivity contribution in [2.24, 2.45) is 0 Å². The Labute approximate surface area is 175 Å². The quantitative estimate of drug-likeness (QED) is 0.533. The molecule has 0 amide bonds. The minimum absolute atomic E-state index is 0.0624. The van der Waals surface area contributed by atoms with Crippen LogP contribution in [0.25, 0.3) is 12.2 Å². The van der Waals surface area contributed by atoms with E-state index in [9.17, 15) is 0 Å². The Balaban J connectivity index is 2.11. The van der Waals surface area contributed by atoms with Crippen LogP contribution in [-0.2, 0) is 22.2 Å². The number of fused-ring (bicyclic) bond motifs is 1. The average molecular weight is 395 g/mol. The van der Waals surface area contributed by atoms with Gasteiger partial charge in [-0.25, -0.2) is 0 Å². The van der Waals surface area contributed by atoms with Gasteiger partial charge in [0.15, 0.2) is 0 Å². The fraction of sp³-hybridized carbons (Fsp3) is 0.462. The Morgan fingerprint density at radius 1 is 0.862 bits per heavy atom. The van der Waals surface area contributed by atoms with Gasteiger partial charge in [-0.3, -0.25) is 0 Å². The van der Waals surface area contributed by atoms with Crippen molar-refractivity contribution in [3.8, 4) is 11.5 Å². The summed E-state index contributed by atoms with van der Waals surface area (Å²) in [4.78, 5) is 0. The third kappa shape index (κ3) is 4.20. The highest BCUT2D eigenvalue weighted by Gasteiger charge is 2.40. The summed E-state index contributed by atoms with van der Waals surface area (Å²) in [6, 6.07) is 10.6. The van der Waals surface area contributed by atoms with E-state index in [-0.39, 0.29) is 10.8 Å². The van der Waals surface area contributed by atoms with Crippen molar-refractivity contribution in [3.63, 3.8) is 0 Å². The first kappa shape index (κ1) is 21.4. The molecule has 0 unspecified atom stereocenters. The third-order valence-corrected chi connectivity index (χ3v) is 6.22. The summed E-state index contributed by atoms with van der Waals surface area (Å²) >= 11 is 0. The Hall–Kier alpha value is -2.26. The lowest BCUT2D eigenvalue weighted by molar-refractivity contribution is 0.185. The molecule has 1 aliphatic rings. The van der Waals surface area contributed by atoms with Crippen molar-refractivity contribution in [2.75, 3.05) is 21.3 Å². The van der Waals surface area contributed by atoms with Crippen LogP contribution in [0.15, 0.2) is 30.3 Å². The molecule has 0 bridgehead atoms. The number of hydrogen-bond donors (Lipinski definition) is 0. The lowest BCUT2D eigenvalue weighted by Gasteiger charge is -2.43. The molecule has 0 spiro atoms. The predicted octanol–water partition coefficient (Wildman–Crippen LogP) is 6.37. The second-order valence-corrected chi connectivity index (χ2v) is 9.22. The zero-order chi connectivity index (χ0) is 21.2. The smallest absolute Gasteiger partial charge is 0.133 e. The molecule has 2 aromatic carbocycles. The maximum absolute atomic E-state index is 6.01. The van der Waals surface area contributed by atoms with Crippen molar-refractivity contribution in [2.45, 2.75) is 58.0 Å². The lowest BCUT2D eigenvalue weighted by Crippen LogP contribution is -2.34. The van der Waals surface area contributed by atoms with Gasteiger partial charge in [0.25, 0.3) is 0 Å². The number of benzene rings is 2. The molecule has 0 radical (unpaired) electrons. The van der Waals surface area contributed by atoms with Gasteiger partial charge in [0.1, 0.15) is 11.5 Å². The molecule has 29 heavy (non-hydrogen) atoms. The molecular weight excluding hydrogens is 360 g/mol. The number of ether oxygens (including phenoxy) is 3. The Kier molecular flexibility index (Phi) is 6.09. The van der Waals surface area contributed by atoms with Crippen LogP contribution in [0.2, 0.25) is 0 Å². The summed E-state index contributed by atoms with van der Waals surface area (Å²) in [5.74, 6) is 1.79. The minimum Gasteiger partial charge on any atom is -0.496 e. The summed E-state index contributed by atoms with van der Waals surface area (Å²) in [6.07, 6.45) is 6.52. The van der Waals surface area contributed by atoms with Crippen LogP contribution < -0.4 is 9.47 Å². The van der Waals surface area contributed by atoms with Crippen LogP contribution in [0.4, 0.5) is 0 Å². The van der Waals surface area contributed by atoms with Gasteiger partial charge in [-0.15, -0.1) is 0 Å². The van der Waals surface area contributed by atoms with Crippen molar-refractivity contribution in [1.82, 2.24) is 0 Å². The predicted molar refractivity (Wildman–Crippen MR) is 121 cm³/mol. The molecule has 0 N–H and O–H groups in total. The zero-order valence-electron chi connectivity index (χ0n) is 18.9. The molecule has 2 aromatic rings. The molecule has 0 saturated heterocycles. The minimum atomic E-state index is 0.0624. The molecular formula is C26H34O3. The van der Waals surface area contributed by atoms with E-state index in [0.29, 0.717) is 6.61 Å². The third-order valence-electron chi connectivity index (χ3n) is 6.22. The summed E-state index contributed by atoms with van der Waals surface area (Å²) < 4.78 is 17.0. The van der Waals surface area contributed by atoms with Crippen LogP contribution in [0.5, 0.6) is 11.5 Å². The van der Waals surface area contributed by atoms with Crippen LogP contribution in [0.1, 0.15) is 68.4 Å². The van der Waals surface area contributed by atoms with Gasteiger partial charge in [-0.2, -0.15) is 0 Å². The number of methoxy groups -OCH3 is 3. The van der Waals surface area contributed by atoms with Crippen LogP contribution in [0.3, 0.4) is 0 Å². The van der Waals surface area contributed by atoms with Gasteiger partial charge in [-0.1, -0.05) is 58.0 Å². The van der Waals surface area contributed by atoms with Crippen molar-refractivity contribution in [1.29, 1.82) is 0 Å². The van der Waals surface area contributed by atoms with Crippen LogP contribution in [0, 0.1) is 0 Å². The Morgan fingerprint density at radius 3 is 2.10 bits per heavy atom. The molecule has 156 valence electrons. The molecule has 3 nitrogen and oxygen atoms in total. The van der Waals surface area contributed by atoms with Gasteiger partial charge in [-0.05, 0) is 52.5 Å². The van der Waals surface area contributed by atoms with Gasteiger partial charge in [0.2, 0.25) is 0 Å². The van der Waals surface area contributed by atoms with E-state index < -0.39 is 0 Å².